The molecule has 0 spiro atoms. The molecule has 0 aliphatic carbocycles. The summed E-state index contributed by atoms with van der Waals surface area (Å²) in [5, 5.41) is 31.2. The third kappa shape index (κ3) is 2.09. The van der Waals surface area contributed by atoms with E-state index in [1.54, 1.807) is 18.2 Å². The number of benzene rings is 1. The summed E-state index contributed by atoms with van der Waals surface area (Å²) in [6, 6.07) is 3.97. The number of aromatic nitrogens is 1. The zero-order valence-corrected chi connectivity index (χ0v) is 11.8. The Balaban J connectivity index is 2.14. The van der Waals surface area contributed by atoms with Crippen LogP contribution in [0.5, 0.6) is 11.8 Å². The number of hydrogen-bond acceptors (Lipinski definition) is 6. The third-order valence-corrected chi connectivity index (χ3v) is 3.68. The Kier molecular flexibility index (Phi) is 3.28. The Morgan fingerprint density at radius 3 is 2.64 bits per heavy atom. The zero-order valence-electron chi connectivity index (χ0n) is 11.8. The molecule has 2 aromatic rings. The molecule has 0 saturated carbocycles. The molecule has 3 rings (SSSR count). The van der Waals surface area contributed by atoms with Gasteiger partial charge in [0, 0.05) is 24.2 Å². The van der Waals surface area contributed by atoms with Crippen molar-refractivity contribution in [3.05, 3.63) is 18.2 Å². The Bertz CT molecular complexity index is 809. The van der Waals surface area contributed by atoms with Gasteiger partial charge in [-0.05, 0) is 24.6 Å². The molecule has 22 heavy (non-hydrogen) atoms. The number of carbonyl (C=O) groups excluding carboxylic acids is 2. The van der Waals surface area contributed by atoms with Crippen LogP contribution in [-0.4, -0.2) is 33.6 Å². The molecule has 1 aromatic carbocycles. The highest BCUT2D eigenvalue weighted by Gasteiger charge is 2.32. The molecule has 1 aromatic heterocycles. The molecule has 8 nitrogen and oxygen atoms in total. The number of fused-ring (bicyclic) bond motifs is 1. The normalized spacial score (nSPS) is 19.0. The van der Waals surface area contributed by atoms with Crippen LogP contribution >= 0.6 is 0 Å². The molecule has 1 atom stereocenters. The number of nitrogens with zero attached hydrogens (tertiary/aromatic N) is 3. The van der Waals surface area contributed by atoms with E-state index in [-0.39, 0.29) is 30.5 Å². The summed E-state index contributed by atoms with van der Waals surface area (Å²) >= 11 is 0. The molecule has 1 aliphatic heterocycles. The molecule has 0 radical (unpaired) electrons. The molecule has 3 N–H and O–H groups in total. The Hall–Kier alpha value is -2.90. The molecule has 8 heteroatoms. The molecule has 1 fully saturated rings. The maximum Gasteiger partial charge on any atom is 0.249 e. The average molecular weight is 302 g/mol. The van der Waals surface area contributed by atoms with Gasteiger partial charge in [-0.2, -0.15) is 10.2 Å². The standard InChI is InChI=1S/C14H14N4O4/c1-15-17-7-2-3-8-9(6-7)14(22)18(13(8)21)10-4-5-11(19)16-12(10)20/h2-3,6,10,21-22H,4-5H2,1H3,(H,16,19,20). The van der Waals surface area contributed by atoms with Gasteiger partial charge in [-0.15, -0.1) is 0 Å². The van der Waals surface area contributed by atoms with E-state index in [0.29, 0.717) is 16.5 Å². The number of aromatic hydroxyl groups is 2. The summed E-state index contributed by atoms with van der Waals surface area (Å²) in [5.41, 5.74) is 0.519. The predicted molar refractivity (Wildman–Crippen MR) is 77.1 cm³/mol. The number of azo groups is 1. The lowest BCUT2D eigenvalue weighted by atomic mass is 10.1. The van der Waals surface area contributed by atoms with Crippen LogP contribution in [0, 0.1) is 0 Å². The highest BCUT2D eigenvalue weighted by Crippen LogP contribution is 2.41. The molecule has 2 heterocycles. The van der Waals surface area contributed by atoms with Gasteiger partial charge in [0.05, 0.1) is 5.69 Å². The van der Waals surface area contributed by atoms with E-state index in [4.69, 9.17) is 0 Å². The van der Waals surface area contributed by atoms with Gasteiger partial charge in [-0.3, -0.25) is 19.5 Å². The molecular weight excluding hydrogens is 288 g/mol. The third-order valence-electron chi connectivity index (χ3n) is 3.68. The monoisotopic (exact) mass is 302 g/mol. The van der Waals surface area contributed by atoms with Gasteiger partial charge in [-0.25, -0.2) is 0 Å². The smallest absolute Gasteiger partial charge is 0.249 e. The molecule has 2 amide bonds. The van der Waals surface area contributed by atoms with Crippen molar-refractivity contribution >= 4 is 28.3 Å². The minimum Gasteiger partial charge on any atom is -0.494 e. The van der Waals surface area contributed by atoms with E-state index in [9.17, 15) is 19.8 Å². The first-order valence-electron chi connectivity index (χ1n) is 6.72. The fraction of sp³-hybridized carbons (Fsp3) is 0.286. The maximum atomic E-state index is 11.9. The van der Waals surface area contributed by atoms with E-state index in [0.717, 1.165) is 4.57 Å². The van der Waals surface area contributed by atoms with Crippen LogP contribution in [0.25, 0.3) is 10.8 Å². The fourth-order valence-electron chi connectivity index (χ4n) is 2.67. The van der Waals surface area contributed by atoms with Crippen LogP contribution in [0.15, 0.2) is 28.4 Å². The summed E-state index contributed by atoms with van der Waals surface area (Å²) in [7, 11) is 1.52. The fourth-order valence-corrected chi connectivity index (χ4v) is 2.67. The van der Waals surface area contributed by atoms with Crippen molar-refractivity contribution in [2.24, 2.45) is 10.2 Å². The van der Waals surface area contributed by atoms with Crippen molar-refractivity contribution in [3.63, 3.8) is 0 Å². The summed E-state index contributed by atoms with van der Waals surface area (Å²) in [5.74, 6) is -1.37. The van der Waals surface area contributed by atoms with E-state index in [2.05, 4.69) is 15.5 Å². The van der Waals surface area contributed by atoms with Crippen molar-refractivity contribution in [3.8, 4) is 11.8 Å². The van der Waals surface area contributed by atoms with Crippen LogP contribution < -0.4 is 5.32 Å². The predicted octanol–water partition coefficient (Wildman–Crippen LogP) is 1.74. The molecule has 1 aliphatic rings. The van der Waals surface area contributed by atoms with Crippen LogP contribution in [0.2, 0.25) is 0 Å². The first-order valence-corrected chi connectivity index (χ1v) is 6.72. The van der Waals surface area contributed by atoms with Crippen molar-refractivity contribution in [1.29, 1.82) is 0 Å². The number of nitrogens with one attached hydrogen (secondary N) is 1. The van der Waals surface area contributed by atoms with Crippen molar-refractivity contribution in [2.75, 3.05) is 7.05 Å². The van der Waals surface area contributed by atoms with Crippen LogP contribution in [0.3, 0.4) is 0 Å². The number of piperidine rings is 1. The number of carbonyl (C=O) groups is 2. The quantitative estimate of drug-likeness (QED) is 0.578. The molecule has 114 valence electrons. The highest BCUT2D eigenvalue weighted by atomic mass is 16.3. The SMILES string of the molecule is CN=Nc1ccc2c(O)n(C3CCC(=O)NC3=O)c(O)c2c1. The number of amides is 2. The average Bonchev–Trinajstić information content (AvgIpc) is 2.72. The van der Waals surface area contributed by atoms with E-state index in [1.165, 1.54) is 7.05 Å². The van der Waals surface area contributed by atoms with Gasteiger partial charge in [-0.1, -0.05) is 0 Å². The van der Waals surface area contributed by atoms with Gasteiger partial charge in [0.1, 0.15) is 6.04 Å². The van der Waals surface area contributed by atoms with E-state index < -0.39 is 11.9 Å². The highest BCUT2D eigenvalue weighted by molar-refractivity contribution is 6.01. The van der Waals surface area contributed by atoms with E-state index >= 15 is 0 Å². The van der Waals surface area contributed by atoms with E-state index in [1.807, 2.05) is 0 Å². The summed E-state index contributed by atoms with van der Waals surface area (Å²) in [6.07, 6.45) is 0.368. The molecule has 1 unspecified atom stereocenters. The van der Waals surface area contributed by atoms with Gasteiger partial charge in [0.15, 0.2) is 0 Å². The number of hydrogen-bond donors (Lipinski definition) is 3. The van der Waals surface area contributed by atoms with Crippen molar-refractivity contribution < 1.29 is 19.8 Å². The summed E-state index contributed by atoms with van der Waals surface area (Å²) in [6.45, 7) is 0. The first-order chi connectivity index (χ1) is 10.5. The van der Waals surface area contributed by atoms with Crippen molar-refractivity contribution in [2.45, 2.75) is 18.9 Å². The second-order valence-corrected chi connectivity index (χ2v) is 5.01. The lowest BCUT2D eigenvalue weighted by Crippen LogP contribution is -2.41. The van der Waals surface area contributed by atoms with Crippen LogP contribution in [0.4, 0.5) is 5.69 Å². The summed E-state index contributed by atoms with van der Waals surface area (Å²) < 4.78 is 1.14. The van der Waals surface area contributed by atoms with Crippen molar-refractivity contribution in [1.82, 2.24) is 9.88 Å². The second-order valence-electron chi connectivity index (χ2n) is 5.01. The van der Waals surface area contributed by atoms with Gasteiger partial charge < -0.3 is 10.2 Å². The summed E-state index contributed by atoms with van der Waals surface area (Å²) in [4.78, 5) is 23.2. The minimum atomic E-state index is -0.832. The van der Waals surface area contributed by atoms with Crippen LogP contribution in [0.1, 0.15) is 18.9 Å². The Labute approximate surface area is 125 Å². The molecule has 0 bridgehead atoms. The lowest BCUT2D eigenvalue weighted by Gasteiger charge is -2.23. The largest absolute Gasteiger partial charge is 0.494 e. The molecular formula is C14H14N4O4. The zero-order chi connectivity index (χ0) is 15.9. The van der Waals surface area contributed by atoms with Gasteiger partial charge in [0.25, 0.3) is 0 Å². The number of rotatable bonds is 2. The van der Waals surface area contributed by atoms with Gasteiger partial charge >= 0.3 is 0 Å². The lowest BCUT2D eigenvalue weighted by molar-refractivity contribution is -0.135. The first kappa shape index (κ1) is 14.1. The second kappa shape index (κ2) is 5.14. The van der Waals surface area contributed by atoms with Crippen LogP contribution in [-0.2, 0) is 9.59 Å². The Morgan fingerprint density at radius 2 is 1.95 bits per heavy atom. The maximum absolute atomic E-state index is 11.9. The Morgan fingerprint density at radius 1 is 1.23 bits per heavy atom. The topological polar surface area (TPSA) is 116 Å². The number of imide groups is 1. The van der Waals surface area contributed by atoms with Gasteiger partial charge in [0.2, 0.25) is 23.6 Å². The molecule has 1 saturated heterocycles. The minimum absolute atomic E-state index is 0.152.